The normalized spacial score (nSPS) is 22.6. The largest absolute Gasteiger partial charge is 0.399 e. The van der Waals surface area contributed by atoms with E-state index in [1.54, 1.807) is 19.9 Å². The van der Waals surface area contributed by atoms with Crippen LogP contribution < -0.4 is 5.73 Å². The summed E-state index contributed by atoms with van der Waals surface area (Å²) in [5.74, 6) is -0.954. The minimum Gasteiger partial charge on any atom is -0.399 e. The fourth-order valence-corrected chi connectivity index (χ4v) is 5.13. The lowest BCUT2D eigenvalue weighted by molar-refractivity contribution is -0.386. The predicted octanol–water partition coefficient (Wildman–Crippen LogP) is 4.11. The summed E-state index contributed by atoms with van der Waals surface area (Å²) in [4.78, 5) is 11.3. The van der Waals surface area contributed by atoms with Gasteiger partial charge in [0.15, 0.2) is 5.41 Å². The number of hydrogen-bond acceptors (Lipinski definition) is 6. The number of rotatable bonds is 2. The number of benzene rings is 1. The summed E-state index contributed by atoms with van der Waals surface area (Å²) in [6.45, 7) is 5.18. The Morgan fingerprint density at radius 3 is 2.41 bits per heavy atom. The van der Waals surface area contributed by atoms with Gasteiger partial charge in [0.25, 0.3) is 5.69 Å². The summed E-state index contributed by atoms with van der Waals surface area (Å²) in [5.41, 5.74) is 7.80. The van der Waals surface area contributed by atoms with Crippen LogP contribution in [0.15, 0.2) is 29.0 Å². The Balaban J connectivity index is 2.46. The Kier molecular flexibility index (Phi) is 4.91. The lowest BCUT2D eigenvalue weighted by Crippen LogP contribution is -2.43. The Bertz CT molecular complexity index is 1090. The molecule has 2 atom stereocenters. The van der Waals surface area contributed by atoms with Gasteiger partial charge < -0.3 is 5.73 Å². The Morgan fingerprint density at radius 1 is 1.21 bits per heavy atom. The van der Waals surface area contributed by atoms with E-state index in [-0.39, 0.29) is 22.9 Å². The third kappa shape index (κ3) is 2.69. The quantitative estimate of drug-likeness (QED) is 0.598. The van der Waals surface area contributed by atoms with Crippen LogP contribution in [0.2, 0.25) is 0 Å². The predicted molar refractivity (Wildman–Crippen MR) is 106 cm³/mol. The first kappa shape index (κ1) is 20.1. The molecule has 2 aliphatic carbocycles. The number of nitro groups is 1. The summed E-state index contributed by atoms with van der Waals surface area (Å²) in [7, 11) is 0. The van der Waals surface area contributed by atoms with Gasteiger partial charge in [0.1, 0.15) is 6.07 Å². The molecule has 29 heavy (non-hydrogen) atoms. The van der Waals surface area contributed by atoms with Gasteiger partial charge in [0.2, 0.25) is 0 Å². The number of nitro benzene ring substituents is 1. The van der Waals surface area contributed by atoms with Gasteiger partial charge in [-0.05, 0) is 68.7 Å². The lowest BCUT2D eigenvalue weighted by Gasteiger charge is -2.44. The molecule has 0 amide bonds. The minimum absolute atomic E-state index is 0.00894. The minimum atomic E-state index is -1.76. The Morgan fingerprint density at radius 2 is 1.86 bits per heavy atom. The molecule has 0 aromatic heterocycles. The molecule has 1 aromatic rings. The molecule has 0 radical (unpaired) electrons. The molecule has 146 valence electrons. The highest BCUT2D eigenvalue weighted by molar-refractivity contribution is 5.63. The van der Waals surface area contributed by atoms with Gasteiger partial charge in [-0.3, -0.25) is 10.1 Å². The van der Waals surface area contributed by atoms with Crippen molar-refractivity contribution in [2.75, 3.05) is 0 Å². The van der Waals surface area contributed by atoms with Crippen molar-refractivity contribution in [2.45, 2.75) is 46.0 Å². The number of hydrogen-bond donors (Lipinski definition) is 1. The molecule has 0 heterocycles. The fourth-order valence-electron chi connectivity index (χ4n) is 5.13. The van der Waals surface area contributed by atoms with Crippen LogP contribution in [0.4, 0.5) is 5.69 Å². The maximum absolute atomic E-state index is 11.7. The molecule has 2 N–H and O–H groups in total. The van der Waals surface area contributed by atoms with Crippen molar-refractivity contribution >= 4 is 5.69 Å². The van der Waals surface area contributed by atoms with Crippen molar-refractivity contribution in [1.29, 1.82) is 15.8 Å². The van der Waals surface area contributed by atoms with Crippen molar-refractivity contribution in [3.05, 3.63) is 61.4 Å². The van der Waals surface area contributed by atoms with Crippen molar-refractivity contribution < 1.29 is 4.92 Å². The second-order valence-electron chi connectivity index (χ2n) is 7.76. The zero-order valence-electron chi connectivity index (χ0n) is 16.6. The van der Waals surface area contributed by atoms with Crippen molar-refractivity contribution in [3.63, 3.8) is 0 Å². The van der Waals surface area contributed by atoms with Gasteiger partial charge in [-0.1, -0.05) is 6.08 Å². The smallest absolute Gasteiger partial charge is 0.275 e. The third-order valence-electron chi connectivity index (χ3n) is 6.28. The molecule has 0 saturated heterocycles. The maximum Gasteiger partial charge on any atom is 0.275 e. The van der Waals surface area contributed by atoms with Crippen molar-refractivity contribution in [1.82, 2.24) is 0 Å². The van der Waals surface area contributed by atoms with Gasteiger partial charge >= 0.3 is 0 Å². The van der Waals surface area contributed by atoms with Gasteiger partial charge in [0.05, 0.1) is 28.3 Å². The molecule has 1 aromatic carbocycles. The molecular weight excluding hydrogens is 366 g/mol. The van der Waals surface area contributed by atoms with E-state index in [1.807, 2.05) is 13.0 Å². The zero-order chi connectivity index (χ0) is 21.5. The number of nitrogens with zero attached hydrogens (tertiary/aromatic N) is 4. The highest BCUT2D eigenvalue weighted by atomic mass is 16.6. The van der Waals surface area contributed by atoms with E-state index < -0.39 is 16.3 Å². The molecule has 2 aliphatic rings. The van der Waals surface area contributed by atoms with Crippen LogP contribution in [0.5, 0.6) is 0 Å². The summed E-state index contributed by atoms with van der Waals surface area (Å²) in [6, 6.07) is 8.00. The van der Waals surface area contributed by atoms with Crippen LogP contribution >= 0.6 is 0 Å². The third-order valence-corrected chi connectivity index (χ3v) is 6.28. The maximum atomic E-state index is 11.7. The summed E-state index contributed by atoms with van der Waals surface area (Å²) >= 11 is 0. The van der Waals surface area contributed by atoms with Crippen LogP contribution in [0.3, 0.4) is 0 Å². The average Bonchev–Trinajstić information content (AvgIpc) is 2.68. The van der Waals surface area contributed by atoms with Gasteiger partial charge in [-0.15, -0.1) is 0 Å². The molecular formula is C22H21N5O2. The van der Waals surface area contributed by atoms with E-state index in [0.717, 1.165) is 24.0 Å². The van der Waals surface area contributed by atoms with E-state index in [4.69, 9.17) is 5.73 Å². The number of aryl methyl sites for hydroxylation is 2. The van der Waals surface area contributed by atoms with E-state index in [0.29, 0.717) is 23.1 Å². The monoisotopic (exact) mass is 387 g/mol. The molecule has 0 fully saturated rings. The van der Waals surface area contributed by atoms with Gasteiger partial charge in [0, 0.05) is 17.0 Å². The van der Waals surface area contributed by atoms with Crippen LogP contribution in [-0.4, -0.2) is 4.92 Å². The molecule has 3 rings (SSSR count). The zero-order valence-corrected chi connectivity index (χ0v) is 16.6. The molecule has 0 spiro atoms. The molecule has 0 unspecified atom stereocenters. The van der Waals surface area contributed by atoms with Crippen LogP contribution in [-0.2, 0) is 0 Å². The number of nitrogens with two attached hydrogens (primary N) is 1. The van der Waals surface area contributed by atoms with Crippen molar-refractivity contribution in [2.24, 2.45) is 17.1 Å². The Hall–Kier alpha value is -3.63. The Labute approximate surface area is 169 Å². The highest BCUT2D eigenvalue weighted by Crippen LogP contribution is 2.57. The van der Waals surface area contributed by atoms with Gasteiger partial charge in [-0.25, -0.2) is 0 Å². The molecule has 7 nitrogen and oxygen atoms in total. The van der Waals surface area contributed by atoms with Crippen LogP contribution in [0.25, 0.3) is 0 Å². The van der Waals surface area contributed by atoms with E-state index in [9.17, 15) is 25.9 Å². The first-order valence-electron chi connectivity index (χ1n) is 9.43. The average molecular weight is 387 g/mol. The van der Waals surface area contributed by atoms with Gasteiger partial charge in [-0.2, -0.15) is 15.8 Å². The van der Waals surface area contributed by atoms with Crippen molar-refractivity contribution in [3.8, 4) is 18.2 Å². The standard InChI is InChI=1S/C22H21N5O2/c1-12-8-13(2)20(27(28)29)14(3)18(12)19-16-7-5-4-6-15(16)17(9-23)21(26)22(19,10-24)11-25/h6,8,16,19H,4-5,7,26H2,1-3H3/t16-,19+/m1/s1. The summed E-state index contributed by atoms with van der Waals surface area (Å²) in [5, 5.41) is 41.7. The molecule has 0 aliphatic heterocycles. The molecule has 0 saturated carbocycles. The van der Waals surface area contributed by atoms with Crippen LogP contribution in [0.1, 0.15) is 47.4 Å². The van der Waals surface area contributed by atoms with E-state index in [2.05, 4.69) is 18.2 Å². The first-order chi connectivity index (χ1) is 13.7. The number of nitriles is 3. The fraction of sp³-hybridized carbons (Fsp3) is 0.409. The van der Waals surface area contributed by atoms with Crippen LogP contribution in [0, 0.1) is 76.2 Å². The molecule has 0 bridgehead atoms. The topological polar surface area (TPSA) is 141 Å². The van der Waals surface area contributed by atoms with E-state index in [1.165, 1.54) is 0 Å². The highest BCUT2D eigenvalue weighted by Gasteiger charge is 2.54. The second-order valence-corrected chi connectivity index (χ2v) is 7.76. The second kappa shape index (κ2) is 7.08. The van der Waals surface area contributed by atoms with E-state index >= 15 is 0 Å². The number of allylic oxidation sites excluding steroid dienone is 4. The molecule has 7 heteroatoms. The lowest BCUT2D eigenvalue weighted by atomic mass is 9.55. The first-order valence-corrected chi connectivity index (χ1v) is 9.43. The summed E-state index contributed by atoms with van der Waals surface area (Å²) in [6.07, 6.45) is 4.27. The number of fused-ring (bicyclic) bond motifs is 1. The summed E-state index contributed by atoms with van der Waals surface area (Å²) < 4.78 is 0. The SMILES string of the molecule is Cc1cc(C)c([N+](=O)[O-])c(C)c1[C@@H]1[C@@H]2CCCC=C2C(C#N)=C(N)C1(C#N)C#N.